The molecule has 106 valence electrons. The number of nitrogens with one attached hydrogen (secondary N) is 1. The number of sulfonamides is 1. The van der Waals surface area contributed by atoms with E-state index in [0.29, 0.717) is 12.5 Å². The molecule has 5 heteroatoms. The first-order chi connectivity index (χ1) is 9.00. The van der Waals surface area contributed by atoms with Crippen LogP contribution in [0.1, 0.15) is 37.3 Å². The van der Waals surface area contributed by atoms with Crippen molar-refractivity contribution in [2.75, 3.05) is 0 Å². The number of benzene rings is 1. The van der Waals surface area contributed by atoms with Crippen molar-refractivity contribution >= 4 is 10.0 Å². The highest BCUT2D eigenvalue weighted by molar-refractivity contribution is 7.88. The molecular weight excluding hydrogens is 260 g/mol. The predicted octanol–water partition coefficient (Wildman–Crippen LogP) is 1.75. The van der Waals surface area contributed by atoms with Gasteiger partial charge in [-0.05, 0) is 29.9 Å². The van der Waals surface area contributed by atoms with Crippen molar-refractivity contribution in [1.82, 2.24) is 4.72 Å². The minimum atomic E-state index is -3.25. The Bertz CT molecular complexity index is 511. The molecule has 0 amide bonds. The molecule has 1 aliphatic carbocycles. The number of nitrogens with two attached hydrogens (primary N) is 1. The van der Waals surface area contributed by atoms with Crippen LogP contribution in [0.4, 0.5) is 0 Å². The third kappa shape index (κ3) is 4.03. The number of rotatable bonds is 5. The Morgan fingerprint density at radius 1 is 1.21 bits per heavy atom. The first-order valence-electron chi connectivity index (χ1n) is 6.78. The maximum atomic E-state index is 12.1. The lowest BCUT2D eigenvalue weighted by molar-refractivity contribution is 0.476. The first kappa shape index (κ1) is 14.5. The fourth-order valence-electron chi connectivity index (χ4n) is 2.58. The van der Waals surface area contributed by atoms with Crippen LogP contribution in [0.3, 0.4) is 0 Å². The molecule has 1 aromatic rings. The zero-order valence-electron chi connectivity index (χ0n) is 11.3. The monoisotopic (exact) mass is 282 g/mol. The molecule has 3 N–H and O–H groups in total. The Hall–Kier alpha value is -0.910. The largest absolute Gasteiger partial charge is 0.326 e. The van der Waals surface area contributed by atoms with Crippen LogP contribution >= 0.6 is 0 Å². The van der Waals surface area contributed by atoms with Crippen LogP contribution in [0.5, 0.6) is 0 Å². The minimum absolute atomic E-state index is 0.0427. The van der Waals surface area contributed by atoms with E-state index in [1.54, 1.807) is 0 Å². The number of hydrogen-bond donors (Lipinski definition) is 2. The summed E-state index contributed by atoms with van der Waals surface area (Å²) in [5.74, 6) is 0.482. The average molecular weight is 282 g/mol. The zero-order valence-corrected chi connectivity index (χ0v) is 12.1. The third-order valence-electron chi connectivity index (χ3n) is 3.81. The van der Waals surface area contributed by atoms with Gasteiger partial charge in [0.15, 0.2) is 0 Å². The highest BCUT2D eigenvalue weighted by Crippen LogP contribution is 2.25. The van der Waals surface area contributed by atoms with Gasteiger partial charge in [0.2, 0.25) is 10.0 Å². The molecule has 19 heavy (non-hydrogen) atoms. The summed E-state index contributed by atoms with van der Waals surface area (Å²) in [5, 5.41) is 0. The van der Waals surface area contributed by atoms with Gasteiger partial charge in [0, 0.05) is 12.6 Å². The molecule has 1 fully saturated rings. The molecule has 0 heterocycles. The van der Waals surface area contributed by atoms with E-state index in [1.807, 2.05) is 24.3 Å². The molecule has 4 nitrogen and oxygen atoms in total. The minimum Gasteiger partial charge on any atom is -0.326 e. The molecule has 1 saturated carbocycles. The molecule has 0 aromatic heterocycles. The zero-order chi connectivity index (χ0) is 13.9. The van der Waals surface area contributed by atoms with E-state index in [1.165, 1.54) is 0 Å². The molecule has 2 atom stereocenters. The van der Waals surface area contributed by atoms with Gasteiger partial charge in [-0.1, -0.05) is 37.6 Å². The van der Waals surface area contributed by atoms with Crippen LogP contribution in [0.2, 0.25) is 0 Å². The summed E-state index contributed by atoms with van der Waals surface area (Å²) in [7, 11) is -3.25. The van der Waals surface area contributed by atoms with Crippen LogP contribution in [0, 0.1) is 5.92 Å². The van der Waals surface area contributed by atoms with E-state index in [4.69, 9.17) is 5.73 Å². The van der Waals surface area contributed by atoms with Crippen molar-refractivity contribution in [1.29, 1.82) is 0 Å². The Kier molecular flexibility index (Phi) is 4.60. The van der Waals surface area contributed by atoms with Gasteiger partial charge in [0.1, 0.15) is 0 Å². The molecule has 1 aliphatic rings. The molecule has 0 saturated heterocycles. The Morgan fingerprint density at radius 2 is 1.84 bits per heavy atom. The lowest BCUT2D eigenvalue weighted by Gasteiger charge is -2.17. The lowest BCUT2D eigenvalue weighted by atomic mass is 10.1. The second kappa shape index (κ2) is 6.03. The van der Waals surface area contributed by atoms with Crippen molar-refractivity contribution in [3.8, 4) is 0 Å². The van der Waals surface area contributed by atoms with Gasteiger partial charge in [0.05, 0.1) is 5.75 Å². The van der Waals surface area contributed by atoms with Gasteiger partial charge in [-0.25, -0.2) is 13.1 Å². The molecule has 0 spiro atoms. The van der Waals surface area contributed by atoms with Crippen molar-refractivity contribution in [3.05, 3.63) is 35.4 Å². The van der Waals surface area contributed by atoms with Crippen LogP contribution in [-0.2, 0) is 22.3 Å². The van der Waals surface area contributed by atoms with E-state index in [9.17, 15) is 8.42 Å². The van der Waals surface area contributed by atoms with Gasteiger partial charge in [-0.3, -0.25) is 0 Å². The second-order valence-corrected chi connectivity index (χ2v) is 7.17. The second-order valence-electron chi connectivity index (χ2n) is 5.41. The van der Waals surface area contributed by atoms with E-state index in [2.05, 4.69) is 11.6 Å². The SMILES string of the molecule is CC1CCCC1NS(=O)(=O)Cc1ccc(CN)cc1. The smallest absolute Gasteiger partial charge is 0.216 e. The van der Waals surface area contributed by atoms with Crippen molar-refractivity contribution < 1.29 is 8.42 Å². The maximum Gasteiger partial charge on any atom is 0.216 e. The molecule has 0 bridgehead atoms. The summed E-state index contributed by atoms with van der Waals surface area (Å²) < 4.78 is 27.1. The quantitative estimate of drug-likeness (QED) is 0.864. The standard InChI is InChI=1S/C14H22N2O2S/c1-11-3-2-4-14(11)16-19(17,18)10-13-7-5-12(9-15)6-8-13/h5-8,11,14,16H,2-4,9-10,15H2,1H3. The topological polar surface area (TPSA) is 72.2 Å². The Labute approximate surface area is 115 Å². The number of hydrogen-bond acceptors (Lipinski definition) is 3. The summed E-state index contributed by atoms with van der Waals surface area (Å²) in [6.07, 6.45) is 3.17. The summed E-state index contributed by atoms with van der Waals surface area (Å²) in [6.45, 7) is 2.58. The maximum absolute atomic E-state index is 12.1. The Morgan fingerprint density at radius 3 is 2.37 bits per heavy atom. The molecule has 1 aromatic carbocycles. The van der Waals surface area contributed by atoms with Crippen molar-refractivity contribution in [2.24, 2.45) is 11.7 Å². The van der Waals surface area contributed by atoms with Crippen molar-refractivity contribution in [3.63, 3.8) is 0 Å². The summed E-state index contributed by atoms with van der Waals surface area (Å²) in [4.78, 5) is 0. The van der Waals surface area contributed by atoms with Crippen LogP contribution in [0.25, 0.3) is 0 Å². The van der Waals surface area contributed by atoms with E-state index in [-0.39, 0.29) is 11.8 Å². The highest BCUT2D eigenvalue weighted by Gasteiger charge is 2.27. The predicted molar refractivity (Wildman–Crippen MR) is 76.9 cm³/mol. The highest BCUT2D eigenvalue weighted by atomic mass is 32.2. The third-order valence-corrected chi connectivity index (χ3v) is 5.18. The summed E-state index contributed by atoms with van der Waals surface area (Å²) >= 11 is 0. The van der Waals surface area contributed by atoms with Crippen LogP contribution in [-0.4, -0.2) is 14.5 Å². The van der Waals surface area contributed by atoms with Gasteiger partial charge >= 0.3 is 0 Å². The van der Waals surface area contributed by atoms with Gasteiger partial charge < -0.3 is 5.73 Å². The fraction of sp³-hybridized carbons (Fsp3) is 0.571. The van der Waals surface area contributed by atoms with Gasteiger partial charge in [0.25, 0.3) is 0 Å². The average Bonchev–Trinajstić information content (AvgIpc) is 2.75. The van der Waals surface area contributed by atoms with Crippen LogP contribution < -0.4 is 10.5 Å². The Balaban J connectivity index is 1.99. The lowest BCUT2D eigenvalue weighted by Crippen LogP contribution is -2.37. The van der Waals surface area contributed by atoms with Crippen molar-refractivity contribution in [2.45, 2.75) is 44.5 Å². The summed E-state index contributed by atoms with van der Waals surface area (Å²) in [6, 6.07) is 7.53. The molecule has 0 aliphatic heterocycles. The molecule has 2 unspecified atom stereocenters. The van der Waals surface area contributed by atoms with E-state index in [0.717, 1.165) is 30.4 Å². The van der Waals surface area contributed by atoms with Crippen LogP contribution in [0.15, 0.2) is 24.3 Å². The van der Waals surface area contributed by atoms with Gasteiger partial charge in [-0.2, -0.15) is 0 Å². The van der Waals surface area contributed by atoms with E-state index < -0.39 is 10.0 Å². The normalized spacial score (nSPS) is 23.7. The van der Waals surface area contributed by atoms with Gasteiger partial charge in [-0.15, -0.1) is 0 Å². The molecular formula is C14H22N2O2S. The molecule has 0 radical (unpaired) electrons. The fourth-order valence-corrected chi connectivity index (χ4v) is 4.11. The van der Waals surface area contributed by atoms with E-state index >= 15 is 0 Å². The molecule has 2 rings (SSSR count). The summed E-state index contributed by atoms with van der Waals surface area (Å²) in [5.41, 5.74) is 7.33. The first-order valence-corrected chi connectivity index (χ1v) is 8.43.